The van der Waals surface area contributed by atoms with Gasteiger partial charge in [0.25, 0.3) is 0 Å². The summed E-state index contributed by atoms with van der Waals surface area (Å²) in [5.41, 5.74) is 11.4. The Balaban J connectivity index is 1.53. The Morgan fingerprint density at radius 3 is 2.49 bits per heavy atom. The molecule has 196 valence electrons. The summed E-state index contributed by atoms with van der Waals surface area (Å²) in [7, 11) is 1.20. The van der Waals surface area contributed by atoms with Crippen molar-refractivity contribution in [2.75, 3.05) is 7.11 Å². The molecule has 4 N–H and O–H groups in total. The van der Waals surface area contributed by atoms with Gasteiger partial charge < -0.3 is 30.1 Å². The molecule has 1 aromatic carbocycles. The second-order valence-corrected chi connectivity index (χ2v) is 10.1. The lowest BCUT2D eigenvalue weighted by Crippen LogP contribution is -2.78. The summed E-state index contributed by atoms with van der Waals surface area (Å²) in [5.74, 6) is -6.34. The zero-order chi connectivity index (χ0) is 26.5. The summed E-state index contributed by atoms with van der Waals surface area (Å²) in [4.78, 5) is 52.8. The lowest BCUT2D eigenvalue weighted by molar-refractivity contribution is -0.186. The van der Waals surface area contributed by atoms with E-state index in [1.165, 1.54) is 31.8 Å². The lowest BCUT2D eigenvalue weighted by atomic mass is 9.48. The Morgan fingerprint density at radius 1 is 1.11 bits per heavy atom. The van der Waals surface area contributed by atoms with Crippen molar-refractivity contribution in [3.63, 3.8) is 0 Å². The fourth-order valence-electron chi connectivity index (χ4n) is 6.32. The molecule has 37 heavy (non-hydrogen) atoms. The van der Waals surface area contributed by atoms with E-state index in [1.807, 2.05) is 0 Å². The fraction of sp³-hybridized carbons (Fsp3) is 0.462. The molecule has 10 nitrogen and oxygen atoms in total. The molecular formula is C26H27FN2O8. The van der Waals surface area contributed by atoms with Gasteiger partial charge in [-0.05, 0) is 43.2 Å². The molecule has 0 amide bonds. The van der Waals surface area contributed by atoms with Crippen LogP contribution in [0.5, 0.6) is 0 Å². The van der Waals surface area contributed by atoms with Crippen molar-refractivity contribution in [3.05, 3.63) is 59.8 Å². The number of cyclic esters (lactones) is 1. The number of ketones is 1. The number of carbonyl (C=O) groups excluding carboxylic acids is 4. The standard InChI is InChI=1S/C26H27FN2O8/c1-34-23(32)17-10-18(36-22(31)13-2-4-15(27)5-3-13)20(30)21-25(17,28)8-6-16-24(33)37-19(11-26(16,21)29)14-7-9-35-12-14/h2-5,7,9,12,16-19,21H,6,8,10-11,28-29H2,1H3/t16-,17-,18?,19-,21-,25+,26+/m0/s1. The molecule has 11 heteroatoms. The maximum Gasteiger partial charge on any atom is 0.338 e. The summed E-state index contributed by atoms with van der Waals surface area (Å²) < 4.78 is 34.6. The number of rotatable bonds is 4. The van der Waals surface area contributed by atoms with Gasteiger partial charge in [0.05, 0.1) is 43.0 Å². The lowest BCUT2D eigenvalue weighted by Gasteiger charge is -2.60. The first-order valence-electron chi connectivity index (χ1n) is 12.0. The highest BCUT2D eigenvalue weighted by atomic mass is 19.1. The Morgan fingerprint density at radius 2 is 1.84 bits per heavy atom. The Labute approximate surface area is 211 Å². The summed E-state index contributed by atoms with van der Waals surface area (Å²) in [5, 5.41) is 0. The molecule has 3 fully saturated rings. The first kappa shape index (κ1) is 25.1. The van der Waals surface area contributed by atoms with Crippen LogP contribution in [0, 0.1) is 23.6 Å². The molecule has 7 atom stereocenters. The minimum Gasteiger partial charge on any atom is -0.472 e. The number of hydrogen-bond donors (Lipinski definition) is 2. The van der Waals surface area contributed by atoms with Gasteiger partial charge in [0.1, 0.15) is 11.9 Å². The minimum atomic E-state index is -1.49. The smallest absolute Gasteiger partial charge is 0.338 e. The van der Waals surface area contributed by atoms with E-state index in [1.54, 1.807) is 6.07 Å². The predicted octanol–water partition coefficient (Wildman–Crippen LogP) is 1.82. The van der Waals surface area contributed by atoms with Crippen molar-refractivity contribution in [1.82, 2.24) is 0 Å². The molecule has 2 saturated carbocycles. The molecule has 1 aromatic heterocycles. The minimum absolute atomic E-state index is 0.0265. The van der Waals surface area contributed by atoms with Crippen LogP contribution in [0.4, 0.5) is 4.39 Å². The number of esters is 3. The highest BCUT2D eigenvalue weighted by molar-refractivity contribution is 5.97. The van der Waals surface area contributed by atoms with E-state index in [0.717, 1.165) is 12.1 Å². The molecule has 2 heterocycles. The van der Waals surface area contributed by atoms with Crippen molar-refractivity contribution in [2.24, 2.45) is 29.2 Å². The van der Waals surface area contributed by atoms with Crippen LogP contribution in [0.3, 0.4) is 0 Å². The van der Waals surface area contributed by atoms with Crippen LogP contribution in [0.2, 0.25) is 0 Å². The number of halogens is 1. The van der Waals surface area contributed by atoms with Crippen LogP contribution in [0.1, 0.15) is 47.7 Å². The summed E-state index contributed by atoms with van der Waals surface area (Å²) in [6.45, 7) is 0. The van der Waals surface area contributed by atoms with Gasteiger partial charge in [-0.1, -0.05) is 0 Å². The van der Waals surface area contributed by atoms with Crippen molar-refractivity contribution in [1.29, 1.82) is 0 Å². The molecular weight excluding hydrogens is 487 g/mol. The van der Waals surface area contributed by atoms with Gasteiger partial charge in [0.15, 0.2) is 11.9 Å². The van der Waals surface area contributed by atoms with Crippen LogP contribution in [0.15, 0.2) is 47.3 Å². The van der Waals surface area contributed by atoms with Crippen LogP contribution in [-0.2, 0) is 28.6 Å². The van der Waals surface area contributed by atoms with Crippen molar-refractivity contribution in [3.8, 4) is 0 Å². The first-order chi connectivity index (χ1) is 17.6. The van der Waals surface area contributed by atoms with Gasteiger partial charge in [0.2, 0.25) is 0 Å². The molecule has 5 rings (SSSR count). The average Bonchev–Trinajstić information content (AvgIpc) is 3.40. The molecule has 1 aliphatic heterocycles. The van der Waals surface area contributed by atoms with E-state index in [4.69, 9.17) is 30.1 Å². The van der Waals surface area contributed by atoms with Gasteiger partial charge in [-0.15, -0.1) is 0 Å². The van der Waals surface area contributed by atoms with Crippen LogP contribution in [0.25, 0.3) is 0 Å². The van der Waals surface area contributed by atoms with Crippen molar-refractivity contribution >= 4 is 23.7 Å². The van der Waals surface area contributed by atoms with E-state index in [0.29, 0.717) is 5.56 Å². The maximum atomic E-state index is 14.0. The highest BCUT2D eigenvalue weighted by Gasteiger charge is 2.69. The molecule has 1 unspecified atom stereocenters. The predicted molar refractivity (Wildman–Crippen MR) is 123 cm³/mol. The monoisotopic (exact) mass is 514 g/mol. The van der Waals surface area contributed by atoms with Crippen molar-refractivity contribution < 1.29 is 42.2 Å². The molecule has 1 saturated heterocycles. The van der Waals surface area contributed by atoms with Gasteiger partial charge in [-0.3, -0.25) is 14.4 Å². The average molecular weight is 515 g/mol. The molecule has 0 spiro atoms. The Hall–Kier alpha value is -3.57. The fourth-order valence-corrected chi connectivity index (χ4v) is 6.32. The number of ether oxygens (including phenoxy) is 3. The van der Waals surface area contributed by atoms with Crippen LogP contribution in [-0.4, -0.2) is 48.0 Å². The third-order valence-corrected chi connectivity index (χ3v) is 8.10. The zero-order valence-electron chi connectivity index (χ0n) is 20.1. The van der Waals surface area contributed by atoms with E-state index in [9.17, 15) is 23.6 Å². The third-order valence-electron chi connectivity index (χ3n) is 8.10. The Bertz CT molecular complexity index is 1230. The van der Waals surface area contributed by atoms with Crippen LogP contribution < -0.4 is 11.5 Å². The third kappa shape index (κ3) is 4.02. The van der Waals surface area contributed by atoms with E-state index < -0.39 is 70.5 Å². The zero-order valence-corrected chi connectivity index (χ0v) is 20.1. The quantitative estimate of drug-likeness (QED) is 0.455. The van der Waals surface area contributed by atoms with Crippen molar-refractivity contribution in [2.45, 2.75) is 49.0 Å². The number of furan rings is 1. The second-order valence-electron chi connectivity index (χ2n) is 10.1. The number of benzene rings is 1. The molecule has 2 aliphatic carbocycles. The summed E-state index contributed by atoms with van der Waals surface area (Å²) in [6.07, 6.45) is 0.864. The molecule has 2 aromatic rings. The van der Waals surface area contributed by atoms with Gasteiger partial charge in [-0.25, -0.2) is 9.18 Å². The van der Waals surface area contributed by atoms with E-state index in [-0.39, 0.29) is 31.2 Å². The van der Waals surface area contributed by atoms with Gasteiger partial charge >= 0.3 is 17.9 Å². The van der Waals surface area contributed by atoms with Crippen LogP contribution >= 0.6 is 0 Å². The topological polar surface area (TPSA) is 161 Å². The van der Waals surface area contributed by atoms with Gasteiger partial charge in [0, 0.05) is 29.5 Å². The number of Topliss-reactive ketones (excluding diaryl/α,β-unsaturated/α-hetero) is 1. The largest absolute Gasteiger partial charge is 0.472 e. The number of hydrogen-bond acceptors (Lipinski definition) is 10. The summed E-state index contributed by atoms with van der Waals surface area (Å²) >= 11 is 0. The highest BCUT2D eigenvalue weighted by Crippen LogP contribution is 2.55. The molecule has 3 aliphatic rings. The number of carbonyl (C=O) groups is 4. The molecule has 0 radical (unpaired) electrons. The SMILES string of the molecule is COC(=O)[C@@H]1CC(OC(=O)c2ccc(F)cc2)C(=O)[C@H]2[C@@]1(N)CC[C@H]1C(=O)O[C@H](c3ccoc3)C[C@]21N. The summed E-state index contributed by atoms with van der Waals surface area (Å²) in [6, 6.07) is 6.26. The first-order valence-corrected chi connectivity index (χ1v) is 12.0. The second kappa shape index (κ2) is 9.07. The number of methoxy groups -OCH3 is 1. The van der Waals surface area contributed by atoms with E-state index in [2.05, 4.69) is 0 Å². The number of nitrogens with two attached hydrogens (primary N) is 2. The normalized spacial score (nSPS) is 35.1. The maximum absolute atomic E-state index is 14.0. The Kier molecular flexibility index (Phi) is 6.15. The number of fused-ring (bicyclic) bond motifs is 3. The van der Waals surface area contributed by atoms with Gasteiger partial charge in [-0.2, -0.15) is 0 Å². The molecule has 0 bridgehead atoms. The van der Waals surface area contributed by atoms with E-state index >= 15 is 0 Å².